The van der Waals surface area contributed by atoms with E-state index in [4.69, 9.17) is 0 Å². The molecule has 0 radical (unpaired) electrons. The molecule has 0 saturated heterocycles. The maximum atomic E-state index is 13.1. The van der Waals surface area contributed by atoms with Gasteiger partial charge in [0.1, 0.15) is 0 Å². The van der Waals surface area contributed by atoms with E-state index in [0.29, 0.717) is 25.4 Å². The summed E-state index contributed by atoms with van der Waals surface area (Å²) in [5.41, 5.74) is 3.74. The largest absolute Gasteiger partial charge is 0.356 e. The highest BCUT2D eigenvalue weighted by Crippen LogP contribution is 2.20. The van der Waals surface area contributed by atoms with Gasteiger partial charge in [-0.1, -0.05) is 86.6 Å². The maximum Gasteiger partial charge on any atom is 0.251 e. The van der Waals surface area contributed by atoms with Gasteiger partial charge in [-0.2, -0.15) is 0 Å². The van der Waals surface area contributed by atoms with Crippen LogP contribution in [0.5, 0.6) is 0 Å². The lowest BCUT2D eigenvalue weighted by Gasteiger charge is -2.22. The van der Waals surface area contributed by atoms with Crippen LogP contribution in [0.2, 0.25) is 0 Å². The fraction of sp³-hybridized carbons (Fsp3) is 0.214. The molecule has 1 N–H and O–H groups in total. The van der Waals surface area contributed by atoms with Gasteiger partial charge in [0, 0.05) is 18.3 Å². The van der Waals surface area contributed by atoms with Crippen molar-refractivity contribution >= 4 is 23.6 Å². The Morgan fingerprint density at radius 1 is 0.844 bits per heavy atom. The number of anilines is 1. The Balaban J connectivity index is 1.76. The summed E-state index contributed by atoms with van der Waals surface area (Å²) in [7, 11) is 0. The smallest absolute Gasteiger partial charge is 0.251 e. The Kier molecular flexibility index (Phi) is 8.38. The lowest BCUT2D eigenvalue weighted by Crippen LogP contribution is -2.29. The van der Waals surface area contributed by atoms with E-state index < -0.39 is 0 Å². The molecule has 0 aliphatic heterocycles. The van der Waals surface area contributed by atoms with Crippen molar-refractivity contribution in [3.8, 4) is 0 Å². The van der Waals surface area contributed by atoms with Gasteiger partial charge in [-0.05, 0) is 40.8 Å². The number of carbonyl (C=O) groups excluding carboxylic acids is 2. The van der Waals surface area contributed by atoms with Crippen LogP contribution in [0.3, 0.4) is 0 Å². The molecule has 3 rings (SSSR count). The Morgan fingerprint density at radius 3 is 2.09 bits per heavy atom. The highest BCUT2D eigenvalue weighted by molar-refractivity contribution is 6.03. The second-order valence-electron chi connectivity index (χ2n) is 8.20. The molecule has 2 amide bonds. The van der Waals surface area contributed by atoms with Gasteiger partial charge in [-0.15, -0.1) is 0 Å². The third-order valence-corrected chi connectivity index (χ3v) is 4.99. The highest BCUT2D eigenvalue weighted by atomic mass is 16.2. The monoisotopic (exact) mass is 426 g/mol. The quantitative estimate of drug-likeness (QED) is 0.475. The minimum atomic E-state index is -0.0971. The molecule has 0 spiro atoms. The van der Waals surface area contributed by atoms with E-state index in [9.17, 15) is 9.59 Å². The molecule has 0 fully saturated rings. The van der Waals surface area contributed by atoms with Crippen molar-refractivity contribution in [3.63, 3.8) is 0 Å². The Bertz CT molecular complexity index is 1030. The van der Waals surface area contributed by atoms with Crippen LogP contribution in [0.1, 0.15) is 30.5 Å². The van der Waals surface area contributed by atoms with E-state index in [0.717, 1.165) is 22.4 Å². The number of rotatable bonds is 9. The van der Waals surface area contributed by atoms with Gasteiger partial charge >= 0.3 is 0 Å². The zero-order chi connectivity index (χ0) is 22.8. The van der Waals surface area contributed by atoms with Crippen LogP contribution in [-0.2, 0) is 22.6 Å². The van der Waals surface area contributed by atoms with Crippen molar-refractivity contribution in [3.05, 3.63) is 108 Å². The fourth-order valence-corrected chi connectivity index (χ4v) is 3.24. The summed E-state index contributed by atoms with van der Waals surface area (Å²) in [5, 5.41) is 2.94. The molecule has 0 aromatic heterocycles. The van der Waals surface area contributed by atoms with E-state index in [1.165, 1.54) is 0 Å². The predicted octanol–water partition coefficient (Wildman–Crippen LogP) is 5.25. The first-order valence-electron chi connectivity index (χ1n) is 11.0. The van der Waals surface area contributed by atoms with Crippen molar-refractivity contribution in [1.82, 2.24) is 5.32 Å². The third kappa shape index (κ3) is 7.24. The molecule has 4 heteroatoms. The molecule has 0 bridgehead atoms. The summed E-state index contributed by atoms with van der Waals surface area (Å²) in [6.45, 7) is 5.27. The first kappa shape index (κ1) is 23.0. The molecule has 0 heterocycles. The molecule has 0 atom stereocenters. The van der Waals surface area contributed by atoms with Gasteiger partial charge in [-0.25, -0.2) is 0 Å². The van der Waals surface area contributed by atoms with Crippen molar-refractivity contribution in [2.24, 2.45) is 5.92 Å². The summed E-state index contributed by atoms with van der Waals surface area (Å²) >= 11 is 0. The molecule has 0 saturated carbocycles. The van der Waals surface area contributed by atoms with Crippen LogP contribution >= 0.6 is 0 Å². The van der Waals surface area contributed by atoms with Crippen molar-refractivity contribution < 1.29 is 9.59 Å². The topological polar surface area (TPSA) is 49.4 Å². The van der Waals surface area contributed by atoms with Gasteiger partial charge in [0.2, 0.25) is 5.91 Å². The van der Waals surface area contributed by atoms with Crippen LogP contribution in [0.4, 0.5) is 5.69 Å². The van der Waals surface area contributed by atoms with Gasteiger partial charge < -0.3 is 10.2 Å². The van der Waals surface area contributed by atoms with Gasteiger partial charge in [0.15, 0.2) is 0 Å². The highest BCUT2D eigenvalue weighted by Gasteiger charge is 2.14. The molecule has 3 aromatic carbocycles. The summed E-state index contributed by atoms with van der Waals surface area (Å²) in [4.78, 5) is 27.0. The van der Waals surface area contributed by atoms with Gasteiger partial charge in [0.25, 0.3) is 5.91 Å². The molecule has 32 heavy (non-hydrogen) atoms. The minimum Gasteiger partial charge on any atom is -0.356 e. The van der Waals surface area contributed by atoms with Crippen LogP contribution in [-0.4, -0.2) is 18.4 Å². The fourth-order valence-electron chi connectivity index (χ4n) is 3.24. The number of nitrogens with one attached hydrogen (secondary N) is 1. The average molecular weight is 427 g/mol. The van der Waals surface area contributed by atoms with Crippen molar-refractivity contribution in [2.75, 3.05) is 11.4 Å². The summed E-state index contributed by atoms with van der Waals surface area (Å²) in [5.74, 6) is 0.331. The standard InChI is InChI=1S/C28H30N2O2/c1-22(2)20-29-27(31)19-24-13-16-26(17-14-24)30(21-25-11-7-4-8-12-25)28(32)18-15-23-9-5-3-6-10-23/h3-18,22H,19-21H2,1-2H3,(H,29,31)/b18-15+. The molecule has 0 aliphatic carbocycles. The number of hydrogen-bond acceptors (Lipinski definition) is 2. The number of hydrogen-bond donors (Lipinski definition) is 1. The summed E-state index contributed by atoms with van der Waals surface area (Å²) in [6.07, 6.45) is 3.76. The number of nitrogens with zero attached hydrogens (tertiary/aromatic N) is 1. The minimum absolute atomic E-state index is 0.00876. The first-order valence-corrected chi connectivity index (χ1v) is 11.0. The lowest BCUT2D eigenvalue weighted by molar-refractivity contribution is -0.120. The Labute approximate surface area is 190 Å². The normalized spacial score (nSPS) is 11.0. The average Bonchev–Trinajstić information content (AvgIpc) is 2.82. The summed E-state index contributed by atoms with van der Waals surface area (Å²) in [6, 6.07) is 27.3. The molecule has 3 aromatic rings. The predicted molar refractivity (Wildman–Crippen MR) is 131 cm³/mol. The second-order valence-corrected chi connectivity index (χ2v) is 8.20. The Morgan fingerprint density at radius 2 is 1.47 bits per heavy atom. The van der Waals surface area contributed by atoms with E-state index in [-0.39, 0.29) is 11.8 Å². The van der Waals surface area contributed by atoms with E-state index in [1.54, 1.807) is 11.0 Å². The lowest BCUT2D eigenvalue weighted by atomic mass is 10.1. The summed E-state index contributed by atoms with van der Waals surface area (Å²) < 4.78 is 0. The molecular weight excluding hydrogens is 396 g/mol. The van der Waals surface area contributed by atoms with Crippen molar-refractivity contribution in [1.29, 1.82) is 0 Å². The number of amides is 2. The zero-order valence-electron chi connectivity index (χ0n) is 18.7. The SMILES string of the molecule is CC(C)CNC(=O)Cc1ccc(N(Cc2ccccc2)C(=O)/C=C/c2ccccc2)cc1. The first-order chi connectivity index (χ1) is 15.5. The molecule has 0 unspecified atom stereocenters. The van der Waals surface area contributed by atoms with Gasteiger partial charge in [-0.3, -0.25) is 9.59 Å². The zero-order valence-corrected chi connectivity index (χ0v) is 18.7. The number of carbonyl (C=O) groups is 2. The van der Waals surface area contributed by atoms with E-state index >= 15 is 0 Å². The number of benzene rings is 3. The van der Waals surface area contributed by atoms with E-state index in [2.05, 4.69) is 19.2 Å². The van der Waals surface area contributed by atoms with Crippen LogP contribution in [0.15, 0.2) is 91.0 Å². The molecule has 164 valence electrons. The van der Waals surface area contributed by atoms with Crippen LogP contribution in [0, 0.1) is 5.92 Å². The van der Waals surface area contributed by atoms with Crippen molar-refractivity contribution in [2.45, 2.75) is 26.8 Å². The van der Waals surface area contributed by atoms with Crippen LogP contribution < -0.4 is 10.2 Å². The molecule has 0 aliphatic rings. The third-order valence-electron chi connectivity index (χ3n) is 4.99. The van der Waals surface area contributed by atoms with Gasteiger partial charge in [0.05, 0.1) is 13.0 Å². The Hall–Kier alpha value is -3.66. The second kappa shape index (κ2) is 11.7. The molecule has 4 nitrogen and oxygen atoms in total. The molecular formula is C28H30N2O2. The van der Waals surface area contributed by atoms with Crippen LogP contribution in [0.25, 0.3) is 6.08 Å². The van der Waals surface area contributed by atoms with E-state index in [1.807, 2.05) is 91.0 Å². The maximum absolute atomic E-state index is 13.1.